The van der Waals surface area contributed by atoms with Gasteiger partial charge in [-0.2, -0.15) is 18.2 Å². The Balaban J connectivity index is 0.000000426. The smallest absolute Gasteiger partial charge is 0.475 e. The van der Waals surface area contributed by atoms with Crippen molar-refractivity contribution in [2.75, 3.05) is 10.6 Å². The molecule has 0 unspecified atom stereocenters. The normalized spacial score (nSPS) is 11.0. The number of nitro groups is 1. The summed E-state index contributed by atoms with van der Waals surface area (Å²) in [5, 5.41) is 26.7. The monoisotopic (exact) mass is 528 g/mol. The highest BCUT2D eigenvalue weighted by molar-refractivity contribution is 5.86. The van der Waals surface area contributed by atoms with Gasteiger partial charge in [-0.1, -0.05) is 30.3 Å². The lowest BCUT2D eigenvalue weighted by molar-refractivity contribution is -0.384. The first-order valence-electron chi connectivity index (χ1n) is 10.5. The van der Waals surface area contributed by atoms with Crippen molar-refractivity contribution in [2.45, 2.75) is 6.18 Å². The minimum Gasteiger partial charge on any atom is -0.475 e. The number of oxazole rings is 1. The highest BCUT2D eigenvalue weighted by Crippen LogP contribution is 2.28. The molecule has 0 fully saturated rings. The van der Waals surface area contributed by atoms with Crippen LogP contribution in [0.1, 0.15) is 0 Å². The number of alkyl halides is 3. The first kappa shape index (κ1) is 25.6. The summed E-state index contributed by atoms with van der Waals surface area (Å²) in [7, 11) is 0. The van der Waals surface area contributed by atoms with E-state index in [1.165, 1.54) is 0 Å². The molecule has 2 heterocycles. The van der Waals surface area contributed by atoms with Crippen molar-refractivity contribution in [1.82, 2.24) is 15.0 Å². The second-order valence-electron chi connectivity index (χ2n) is 7.52. The predicted molar refractivity (Wildman–Crippen MR) is 130 cm³/mol. The number of halogens is 3. The summed E-state index contributed by atoms with van der Waals surface area (Å²) in [6.45, 7) is 0. The number of benzene rings is 3. The Kier molecular flexibility index (Phi) is 6.91. The third-order valence-electron chi connectivity index (χ3n) is 4.90. The number of hydrogen-bond donors (Lipinski definition) is 4. The summed E-state index contributed by atoms with van der Waals surface area (Å²) < 4.78 is 36.7. The molecule has 0 amide bonds. The van der Waals surface area contributed by atoms with E-state index in [0.717, 1.165) is 22.7 Å². The van der Waals surface area contributed by atoms with Crippen molar-refractivity contribution >= 4 is 56.7 Å². The minimum absolute atomic E-state index is 0.00785. The second-order valence-corrected chi connectivity index (χ2v) is 7.52. The summed E-state index contributed by atoms with van der Waals surface area (Å²) in [6.07, 6.45) is -3.95. The Hall–Kier alpha value is -5.47. The zero-order chi connectivity index (χ0) is 27.4. The fourth-order valence-corrected chi connectivity index (χ4v) is 3.22. The van der Waals surface area contributed by atoms with Gasteiger partial charge in [-0.3, -0.25) is 15.1 Å². The van der Waals surface area contributed by atoms with Crippen molar-refractivity contribution in [3.63, 3.8) is 0 Å². The average molecular weight is 528 g/mol. The van der Waals surface area contributed by atoms with Crippen LogP contribution in [0.4, 0.5) is 42.0 Å². The number of fused-ring (bicyclic) bond motifs is 2. The third kappa shape index (κ3) is 6.01. The maximum absolute atomic E-state index is 11.4. The van der Waals surface area contributed by atoms with Gasteiger partial charge < -0.3 is 20.2 Å². The molecule has 0 aliphatic carbocycles. The SMILES string of the molecule is O=C(O)C(F)(F)F.O=c1[nH]c2cc(Nc3nc(Nc4ccc5ccccc5c4)ncc3[N+](=O)[O-])ccc2o1. The zero-order valence-electron chi connectivity index (χ0n) is 18.8. The van der Waals surface area contributed by atoms with Crippen LogP contribution in [0, 0.1) is 10.1 Å². The van der Waals surface area contributed by atoms with Crippen LogP contribution in [0.2, 0.25) is 0 Å². The van der Waals surface area contributed by atoms with E-state index in [1.54, 1.807) is 18.2 Å². The van der Waals surface area contributed by atoms with Crippen molar-refractivity contribution in [3.8, 4) is 0 Å². The minimum atomic E-state index is -5.08. The van der Waals surface area contributed by atoms with Gasteiger partial charge in [-0.05, 0) is 41.1 Å². The number of H-pyrrole nitrogens is 1. The molecule has 3 aromatic carbocycles. The fourth-order valence-electron chi connectivity index (χ4n) is 3.22. The first-order valence-corrected chi connectivity index (χ1v) is 10.5. The molecule has 0 spiro atoms. The lowest BCUT2D eigenvalue weighted by Crippen LogP contribution is -2.21. The molecule has 0 radical (unpaired) electrons. The van der Waals surface area contributed by atoms with E-state index in [0.29, 0.717) is 16.8 Å². The number of anilines is 4. The van der Waals surface area contributed by atoms with Crippen molar-refractivity contribution in [1.29, 1.82) is 0 Å². The van der Waals surface area contributed by atoms with Gasteiger partial charge in [-0.25, -0.2) is 14.6 Å². The summed E-state index contributed by atoms with van der Waals surface area (Å²) in [5.41, 5.74) is 1.79. The van der Waals surface area contributed by atoms with Gasteiger partial charge in [0.2, 0.25) is 11.8 Å². The van der Waals surface area contributed by atoms with Gasteiger partial charge in [0, 0.05) is 11.4 Å². The molecular weight excluding hydrogens is 513 g/mol. The number of hydrogen-bond acceptors (Lipinski definition) is 9. The van der Waals surface area contributed by atoms with E-state index in [2.05, 4.69) is 25.6 Å². The van der Waals surface area contributed by atoms with Crippen LogP contribution >= 0.6 is 0 Å². The standard InChI is InChI=1S/C21H14N6O4.C2HF3O2/c28-21-25-16-10-15(7-8-18(16)31-21)23-19-17(27(29)30)11-22-20(26-19)24-14-6-5-12-3-1-2-4-13(12)9-14;3-2(4,5)1(6)7/h1-11H,(H,25,28)(H2,22,23,24,26);(H,6,7). The number of carboxylic acids is 1. The molecule has 12 nitrogen and oxygen atoms in total. The molecule has 38 heavy (non-hydrogen) atoms. The summed E-state index contributed by atoms with van der Waals surface area (Å²) in [6, 6.07) is 18.5. The number of rotatable bonds is 5. The largest absolute Gasteiger partial charge is 0.490 e. The summed E-state index contributed by atoms with van der Waals surface area (Å²) in [4.78, 5) is 42.0. The van der Waals surface area contributed by atoms with Crippen LogP contribution in [0.5, 0.6) is 0 Å². The van der Waals surface area contributed by atoms with Gasteiger partial charge in [0.15, 0.2) is 5.58 Å². The van der Waals surface area contributed by atoms with Crippen LogP contribution in [-0.4, -0.2) is 37.1 Å². The van der Waals surface area contributed by atoms with E-state index in [1.807, 2.05) is 42.5 Å². The number of carboxylic acid groups (broad SMARTS) is 1. The lowest BCUT2D eigenvalue weighted by atomic mass is 10.1. The highest BCUT2D eigenvalue weighted by Gasteiger charge is 2.38. The summed E-state index contributed by atoms with van der Waals surface area (Å²) >= 11 is 0. The molecule has 15 heteroatoms. The molecule has 5 aromatic rings. The van der Waals surface area contributed by atoms with E-state index < -0.39 is 22.8 Å². The molecule has 0 aliphatic rings. The van der Waals surface area contributed by atoms with E-state index in [-0.39, 0.29) is 17.5 Å². The number of aromatic amines is 1. The van der Waals surface area contributed by atoms with Crippen LogP contribution in [0.15, 0.2) is 76.1 Å². The van der Waals surface area contributed by atoms with Gasteiger partial charge in [0.1, 0.15) is 6.20 Å². The fraction of sp³-hybridized carbons (Fsp3) is 0.0435. The predicted octanol–water partition coefficient (Wildman–Crippen LogP) is 5.09. The topological polar surface area (TPSA) is 176 Å². The highest BCUT2D eigenvalue weighted by atomic mass is 19.4. The van der Waals surface area contributed by atoms with Crippen molar-refractivity contribution in [2.24, 2.45) is 0 Å². The Labute approximate surface area is 208 Å². The van der Waals surface area contributed by atoms with E-state index in [9.17, 15) is 28.1 Å². The number of nitrogens with zero attached hydrogens (tertiary/aromatic N) is 3. The second kappa shape index (κ2) is 10.3. The Morgan fingerprint density at radius 1 is 1.03 bits per heavy atom. The van der Waals surface area contributed by atoms with Crippen LogP contribution in [0.25, 0.3) is 21.9 Å². The molecule has 0 saturated carbocycles. The Morgan fingerprint density at radius 2 is 1.68 bits per heavy atom. The van der Waals surface area contributed by atoms with Crippen LogP contribution < -0.4 is 16.4 Å². The molecule has 0 bridgehead atoms. The Bertz CT molecular complexity index is 1720. The maximum atomic E-state index is 11.4. The van der Waals surface area contributed by atoms with Crippen LogP contribution in [-0.2, 0) is 4.79 Å². The molecular formula is C23H15F3N6O6. The third-order valence-corrected chi connectivity index (χ3v) is 4.90. The molecule has 194 valence electrons. The van der Waals surface area contributed by atoms with E-state index >= 15 is 0 Å². The maximum Gasteiger partial charge on any atom is 0.490 e. The molecule has 4 N–H and O–H groups in total. The van der Waals surface area contributed by atoms with Gasteiger partial charge in [0.25, 0.3) is 0 Å². The molecule has 2 aromatic heterocycles. The van der Waals surface area contributed by atoms with Gasteiger partial charge in [0.05, 0.1) is 10.4 Å². The first-order chi connectivity index (χ1) is 18.0. The van der Waals surface area contributed by atoms with Crippen LogP contribution in [0.3, 0.4) is 0 Å². The molecule has 0 saturated heterocycles. The molecule has 0 atom stereocenters. The average Bonchev–Trinajstić information content (AvgIpc) is 3.23. The van der Waals surface area contributed by atoms with E-state index in [4.69, 9.17) is 14.3 Å². The Morgan fingerprint density at radius 3 is 2.37 bits per heavy atom. The molecule has 5 rings (SSSR count). The zero-order valence-corrected chi connectivity index (χ0v) is 18.8. The van der Waals surface area contributed by atoms with Gasteiger partial charge in [-0.15, -0.1) is 0 Å². The van der Waals surface area contributed by atoms with Gasteiger partial charge >= 0.3 is 23.6 Å². The number of carbonyl (C=O) groups is 1. The quantitative estimate of drug-likeness (QED) is 0.177. The number of aliphatic carboxylic acids is 1. The summed E-state index contributed by atoms with van der Waals surface area (Å²) in [5.74, 6) is -3.14. The lowest BCUT2D eigenvalue weighted by Gasteiger charge is -2.10. The number of nitrogens with one attached hydrogen (secondary N) is 3. The van der Waals surface area contributed by atoms with Crippen molar-refractivity contribution in [3.05, 3.63) is 87.5 Å². The van der Waals surface area contributed by atoms with Crippen molar-refractivity contribution < 1.29 is 32.4 Å². The number of aromatic nitrogens is 3. The molecule has 0 aliphatic heterocycles.